The summed E-state index contributed by atoms with van der Waals surface area (Å²) < 4.78 is 4.91. The van der Waals surface area contributed by atoms with Gasteiger partial charge in [0.05, 0.1) is 12.6 Å². The Morgan fingerprint density at radius 1 is 1.75 bits per heavy atom. The van der Waals surface area contributed by atoms with Crippen LogP contribution in [0.15, 0.2) is 18.3 Å². The van der Waals surface area contributed by atoms with E-state index < -0.39 is 0 Å². The van der Waals surface area contributed by atoms with Crippen molar-refractivity contribution < 1.29 is 4.74 Å². The van der Waals surface area contributed by atoms with Crippen LogP contribution in [0.5, 0.6) is 0 Å². The third kappa shape index (κ3) is 2.44. The van der Waals surface area contributed by atoms with Gasteiger partial charge in [-0.3, -0.25) is 0 Å². The molecule has 0 aliphatic carbocycles. The molecule has 0 radical (unpaired) electrons. The molecule has 0 saturated heterocycles. The molecule has 0 aromatic carbocycles. The van der Waals surface area contributed by atoms with E-state index in [1.54, 1.807) is 19.4 Å². The van der Waals surface area contributed by atoms with E-state index in [0.717, 1.165) is 5.56 Å². The summed E-state index contributed by atoms with van der Waals surface area (Å²) in [5.41, 5.74) is 6.70. The largest absolute Gasteiger partial charge is 0.383 e. The molecule has 1 heterocycles. The number of ether oxygens (including phenoxy) is 1. The highest BCUT2D eigenvalue weighted by atomic mass is 35.5. The van der Waals surface area contributed by atoms with Crippen LogP contribution in [0, 0.1) is 0 Å². The highest BCUT2D eigenvalue weighted by molar-refractivity contribution is 6.29. The summed E-state index contributed by atoms with van der Waals surface area (Å²) in [5, 5.41) is 0.457. The van der Waals surface area contributed by atoms with E-state index in [2.05, 4.69) is 4.98 Å². The molecule has 0 amide bonds. The topological polar surface area (TPSA) is 48.1 Å². The zero-order valence-corrected chi connectivity index (χ0v) is 7.58. The summed E-state index contributed by atoms with van der Waals surface area (Å²) in [5.74, 6) is 0. The lowest BCUT2D eigenvalue weighted by atomic mass is 10.1. The van der Waals surface area contributed by atoms with Gasteiger partial charge >= 0.3 is 0 Å². The molecule has 1 rings (SSSR count). The van der Waals surface area contributed by atoms with Crippen molar-refractivity contribution in [2.24, 2.45) is 5.73 Å². The molecule has 0 saturated carbocycles. The first-order chi connectivity index (χ1) is 5.74. The quantitative estimate of drug-likeness (QED) is 0.726. The van der Waals surface area contributed by atoms with Gasteiger partial charge in [-0.1, -0.05) is 11.6 Å². The van der Waals surface area contributed by atoms with Crippen LogP contribution < -0.4 is 5.73 Å². The van der Waals surface area contributed by atoms with E-state index in [9.17, 15) is 0 Å². The van der Waals surface area contributed by atoms with Gasteiger partial charge in [0.1, 0.15) is 5.15 Å². The minimum Gasteiger partial charge on any atom is -0.383 e. The van der Waals surface area contributed by atoms with Gasteiger partial charge in [0.25, 0.3) is 0 Å². The van der Waals surface area contributed by atoms with Gasteiger partial charge in [0, 0.05) is 13.3 Å². The first kappa shape index (κ1) is 9.45. The Kier molecular flexibility index (Phi) is 3.47. The number of aromatic nitrogens is 1. The Bertz CT molecular complexity index is 255. The van der Waals surface area contributed by atoms with Crippen molar-refractivity contribution in [2.45, 2.75) is 6.04 Å². The Morgan fingerprint density at radius 2 is 2.50 bits per heavy atom. The lowest BCUT2D eigenvalue weighted by Crippen LogP contribution is -2.15. The molecule has 0 aliphatic rings. The Labute approximate surface area is 76.5 Å². The Balaban J connectivity index is 2.73. The molecular weight excluding hydrogens is 176 g/mol. The molecule has 2 N–H and O–H groups in total. The van der Waals surface area contributed by atoms with Gasteiger partial charge in [-0.05, 0) is 17.7 Å². The first-order valence-corrected chi connectivity index (χ1v) is 3.98. The summed E-state index contributed by atoms with van der Waals surface area (Å²) in [4.78, 5) is 3.85. The zero-order chi connectivity index (χ0) is 8.97. The van der Waals surface area contributed by atoms with E-state index in [1.165, 1.54) is 0 Å². The number of hydrogen-bond acceptors (Lipinski definition) is 3. The summed E-state index contributed by atoms with van der Waals surface area (Å²) in [6.45, 7) is 0.486. The van der Waals surface area contributed by atoms with Crippen molar-refractivity contribution in [1.29, 1.82) is 0 Å². The second-order valence-electron chi connectivity index (χ2n) is 2.47. The summed E-state index contributed by atoms with van der Waals surface area (Å²) in [7, 11) is 1.61. The Hall–Kier alpha value is -0.640. The van der Waals surface area contributed by atoms with Gasteiger partial charge in [-0.15, -0.1) is 0 Å². The summed E-state index contributed by atoms with van der Waals surface area (Å²) >= 11 is 5.68. The fraction of sp³-hybridized carbons (Fsp3) is 0.375. The van der Waals surface area contributed by atoms with E-state index in [0.29, 0.717) is 11.8 Å². The molecule has 0 spiro atoms. The van der Waals surface area contributed by atoms with Crippen molar-refractivity contribution in [1.82, 2.24) is 4.98 Å². The summed E-state index contributed by atoms with van der Waals surface area (Å²) in [6, 6.07) is 3.44. The number of nitrogens with zero attached hydrogens (tertiary/aromatic N) is 1. The average molecular weight is 187 g/mol. The highest BCUT2D eigenvalue weighted by Gasteiger charge is 2.05. The fourth-order valence-electron chi connectivity index (χ4n) is 0.924. The second kappa shape index (κ2) is 4.40. The molecule has 3 nitrogen and oxygen atoms in total. The van der Waals surface area contributed by atoms with Crippen LogP contribution in [0.4, 0.5) is 0 Å². The predicted octanol–water partition coefficient (Wildman–Crippen LogP) is 1.38. The van der Waals surface area contributed by atoms with Crippen molar-refractivity contribution in [3.8, 4) is 0 Å². The molecule has 0 fully saturated rings. The van der Waals surface area contributed by atoms with Crippen molar-refractivity contribution in [3.05, 3.63) is 29.0 Å². The van der Waals surface area contributed by atoms with Gasteiger partial charge in [-0.25, -0.2) is 4.98 Å². The van der Waals surface area contributed by atoms with Crippen LogP contribution >= 0.6 is 11.6 Å². The second-order valence-corrected chi connectivity index (χ2v) is 2.86. The molecule has 0 bridgehead atoms. The summed E-state index contributed by atoms with van der Waals surface area (Å²) in [6.07, 6.45) is 1.63. The van der Waals surface area contributed by atoms with Gasteiger partial charge in [0.2, 0.25) is 0 Å². The highest BCUT2D eigenvalue weighted by Crippen LogP contribution is 2.13. The third-order valence-electron chi connectivity index (χ3n) is 1.53. The SMILES string of the molecule is COCC(N)c1ccnc(Cl)c1. The van der Waals surface area contributed by atoms with Crippen molar-refractivity contribution in [3.63, 3.8) is 0 Å². The molecular formula is C8H11ClN2O. The van der Waals surface area contributed by atoms with Gasteiger partial charge in [0.15, 0.2) is 0 Å². The van der Waals surface area contributed by atoms with Crippen LogP contribution in [0.1, 0.15) is 11.6 Å². The number of halogens is 1. The van der Waals surface area contributed by atoms with Crippen LogP contribution in [0.25, 0.3) is 0 Å². The van der Waals surface area contributed by atoms with Crippen LogP contribution in [0.3, 0.4) is 0 Å². The molecule has 1 unspecified atom stereocenters. The molecule has 0 aliphatic heterocycles. The molecule has 1 aromatic rings. The monoisotopic (exact) mass is 186 g/mol. The van der Waals surface area contributed by atoms with E-state index in [1.807, 2.05) is 6.07 Å². The number of pyridine rings is 1. The zero-order valence-electron chi connectivity index (χ0n) is 6.83. The maximum absolute atomic E-state index is 5.76. The number of methoxy groups -OCH3 is 1. The lowest BCUT2D eigenvalue weighted by Gasteiger charge is -2.09. The fourth-order valence-corrected chi connectivity index (χ4v) is 1.11. The minimum atomic E-state index is -0.129. The van der Waals surface area contributed by atoms with Gasteiger partial charge in [-0.2, -0.15) is 0 Å². The molecule has 1 atom stereocenters. The molecule has 4 heteroatoms. The van der Waals surface area contributed by atoms with Crippen molar-refractivity contribution in [2.75, 3.05) is 13.7 Å². The van der Waals surface area contributed by atoms with Crippen LogP contribution in [0.2, 0.25) is 5.15 Å². The average Bonchev–Trinajstić information content (AvgIpc) is 2.05. The first-order valence-electron chi connectivity index (χ1n) is 3.60. The van der Waals surface area contributed by atoms with Gasteiger partial charge < -0.3 is 10.5 Å². The van der Waals surface area contributed by atoms with Crippen molar-refractivity contribution >= 4 is 11.6 Å². The smallest absolute Gasteiger partial charge is 0.129 e. The van der Waals surface area contributed by atoms with E-state index in [-0.39, 0.29) is 6.04 Å². The third-order valence-corrected chi connectivity index (χ3v) is 1.73. The van der Waals surface area contributed by atoms with E-state index >= 15 is 0 Å². The predicted molar refractivity (Wildman–Crippen MR) is 48.1 cm³/mol. The minimum absolute atomic E-state index is 0.129. The maximum atomic E-state index is 5.76. The number of rotatable bonds is 3. The molecule has 12 heavy (non-hydrogen) atoms. The number of hydrogen-bond donors (Lipinski definition) is 1. The normalized spacial score (nSPS) is 12.9. The Morgan fingerprint density at radius 3 is 3.08 bits per heavy atom. The molecule has 1 aromatic heterocycles. The number of nitrogens with two attached hydrogens (primary N) is 1. The lowest BCUT2D eigenvalue weighted by molar-refractivity contribution is 0.181. The maximum Gasteiger partial charge on any atom is 0.129 e. The van der Waals surface area contributed by atoms with Crippen LogP contribution in [-0.2, 0) is 4.74 Å². The van der Waals surface area contributed by atoms with E-state index in [4.69, 9.17) is 22.1 Å². The standard InChI is InChI=1S/C8H11ClN2O/c1-12-5-7(10)6-2-3-11-8(9)4-6/h2-4,7H,5,10H2,1H3. The molecule has 66 valence electrons. The van der Waals surface area contributed by atoms with Crippen LogP contribution in [-0.4, -0.2) is 18.7 Å².